The lowest BCUT2D eigenvalue weighted by Gasteiger charge is -2.29. The third-order valence-electron chi connectivity index (χ3n) is 6.92. The first-order valence-electron chi connectivity index (χ1n) is 12.5. The Morgan fingerprint density at radius 2 is 1.85 bits per heavy atom. The number of benzene rings is 1. The Bertz CT molecular complexity index is 1050. The van der Waals surface area contributed by atoms with Gasteiger partial charge < -0.3 is 20.6 Å². The zero-order chi connectivity index (χ0) is 22.6. The van der Waals surface area contributed by atoms with Gasteiger partial charge in [0.1, 0.15) is 11.3 Å². The summed E-state index contributed by atoms with van der Waals surface area (Å²) in [6.45, 7) is 7.16. The van der Waals surface area contributed by atoms with Crippen molar-refractivity contribution < 1.29 is 5.11 Å². The molecule has 0 atom stereocenters. The minimum Gasteiger partial charge on any atom is -0.393 e. The van der Waals surface area contributed by atoms with Crippen molar-refractivity contribution in [3.63, 3.8) is 0 Å². The fourth-order valence-corrected chi connectivity index (χ4v) is 4.93. The number of fused-ring (bicyclic) bond motifs is 1. The quantitative estimate of drug-likeness (QED) is 0.476. The molecule has 0 spiro atoms. The molecular weight excluding hydrogens is 414 g/mol. The Kier molecular flexibility index (Phi) is 6.73. The van der Waals surface area contributed by atoms with Crippen LogP contribution in [0.1, 0.15) is 57.2 Å². The molecule has 1 saturated heterocycles. The number of anilines is 2. The molecule has 8 heteroatoms. The summed E-state index contributed by atoms with van der Waals surface area (Å²) in [5, 5.41) is 21.6. The number of hydrogen-bond donors (Lipinski definition) is 3. The van der Waals surface area contributed by atoms with Crippen LogP contribution >= 0.6 is 0 Å². The minimum absolute atomic E-state index is 0.189. The highest BCUT2D eigenvalue weighted by Crippen LogP contribution is 2.35. The molecular formula is C25H35N7O. The maximum Gasteiger partial charge on any atom is 0.241 e. The van der Waals surface area contributed by atoms with E-state index in [1.54, 1.807) is 0 Å². The lowest BCUT2D eigenvalue weighted by molar-refractivity contribution is 0.121. The molecule has 2 fully saturated rings. The molecule has 3 aromatic rings. The van der Waals surface area contributed by atoms with Gasteiger partial charge in [0.15, 0.2) is 0 Å². The van der Waals surface area contributed by atoms with E-state index in [-0.39, 0.29) is 6.10 Å². The number of aliphatic hydroxyl groups is 1. The lowest BCUT2D eigenvalue weighted by Crippen LogP contribution is -2.43. The zero-order valence-corrected chi connectivity index (χ0v) is 19.5. The van der Waals surface area contributed by atoms with Crippen molar-refractivity contribution >= 4 is 17.2 Å². The van der Waals surface area contributed by atoms with Crippen LogP contribution in [0.15, 0.2) is 30.5 Å². The number of nitrogens with zero attached hydrogens (tertiary/aromatic N) is 5. The Morgan fingerprint density at radius 3 is 2.58 bits per heavy atom. The molecule has 1 aromatic carbocycles. The van der Waals surface area contributed by atoms with Crippen molar-refractivity contribution in [1.29, 1.82) is 0 Å². The molecule has 3 heterocycles. The van der Waals surface area contributed by atoms with Gasteiger partial charge in [-0.15, -0.1) is 5.10 Å². The number of nitrogens with one attached hydrogen (secondary N) is 2. The molecule has 1 saturated carbocycles. The van der Waals surface area contributed by atoms with E-state index in [1.807, 2.05) is 10.7 Å². The summed E-state index contributed by atoms with van der Waals surface area (Å²) >= 11 is 0. The predicted molar refractivity (Wildman–Crippen MR) is 132 cm³/mol. The largest absolute Gasteiger partial charge is 0.393 e. The fraction of sp³-hybridized carbons (Fsp3) is 0.560. The first-order chi connectivity index (χ1) is 16.2. The molecule has 0 unspecified atom stereocenters. The average molecular weight is 450 g/mol. The second-order valence-corrected chi connectivity index (χ2v) is 9.27. The number of rotatable bonds is 7. The van der Waals surface area contributed by atoms with E-state index in [4.69, 9.17) is 10.1 Å². The Labute approximate surface area is 195 Å². The minimum atomic E-state index is -0.189. The first kappa shape index (κ1) is 22.1. The summed E-state index contributed by atoms with van der Waals surface area (Å²) in [6, 6.07) is 8.73. The van der Waals surface area contributed by atoms with Crippen molar-refractivity contribution in [2.75, 3.05) is 42.9 Å². The van der Waals surface area contributed by atoms with Gasteiger partial charge >= 0.3 is 0 Å². The Morgan fingerprint density at radius 1 is 1.09 bits per heavy atom. The highest BCUT2D eigenvalue weighted by Gasteiger charge is 2.27. The van der Waals surface area contributed by atoms with Crippen LogP contribution in [0.25, 0.3) is 16.8 Å². The monoisotopic (exact) mass is 449 g/mol. The summed E-state index contributed by atoms with van der Waals surface area (Å²) < 4.78 is 1.99. The smallest absolute Gasteiger partial charge is 0.241 e. The Hall–Kier alpha value is -2.71. The molecule has 33 heavy (non-hydrogen) atoms. The highest BCUT2D eigenvalue weighted by molar-refractivity contribution is 5.78. The second kappa shape index (κ2) is 10.1. The van der Waals surface area contributed by atoms with Crippen LogP contribution in [-0.2, 0) is 0 Å². The van der Waals surface area contributed by atoms with Crippen molar-refractivity contribution in [1.82, 2.24) is 24.9 Å². The summed E-state index contributed by atoms with van der Waals surface area (Å²) in [4.78, 5) is 12.1. The van der Waals surface area contributed by atoms with Crippen LogP contribution in [0.3, 0.4) is 0 Å². The molecule has 8 nitrogen and oxygen atoms in total. The van der Waals surface area contributed by atoms with Gasteiger partial charge in [-0.25, -0.2) is 14.5 Å². The van der Waals surface area contributed by atoms with E-state index in [9.17, 15) is 5.11 Å². The van der Waals surface area contributed by atoms with Gasteiger partial charge in [0, 0.05) is 49.9 Å². The fourth-order valence-electron chi connectivity index (χ4n) is 4.93. The molecule has 1 aliphatic carbocycles. The van der Waals surface area contributed by atoms with E-state index in [0.29, 0.717) is 11.9 Å². The van der Waals surface area contributed by atoms with E-state index in [2.05, 4.69) is 51.7 Å². The standard InChI is InChI=1S/C25H35N7O/c1-2-3-12-27-25-28-17-22-23(18-4-8-20(9-5-18)31-15-13-26-14-16-31)29-24(32(22)30-25)19-6-10-21(33)11-7-19/h4-5,8-9,17,19,21,26,33H,2-3,6-7,10-16H2,1H3,(H,27,30)/t19-,21+. The second-order valence-electron chi connectivity index (χ2n) is 9.27. The van der Waals surface area contributed by atoms with Gasteiger partial charge in [0.05, 0.1) is 18.0 Å². The van der Waals surface area contributed by atoms with Gasteiger partial charge in [-0.05, 0) is 44.2 Å². The molecule has 0 amide bonds. The summed E-state index contributed by atoms with van der Waals surface area (Å²) in [5.74, 6) is 1.93. The third kappa shape index (κ3) is 4.82. The topological polar surface area (TPSA) is 90.6 Å². The first-order valence-corrected chi connectivity index (χ1v) is 12.5. The maximum absolute atomic E-state index is 10.00. The molecule has 176 valence electrons. The van der Waals surface area contributed by atoms with Crippen LogP contribution in [0.5, 0.6) is 0 Å². The number of aliphatic hydroxyl groups excluding tert-OH is 1. The van der Waals surface area contributed by atoms with Crippen LogP contribution in [0, 0.1) is 0 Å². The molecule has 0 bridgehead atoms. The van der Waals surface area contributed by atoms with Crippen molar-refractivity contribution in [3.05, 3.63) is 36.3 Å². The van der Waals surface area contributed by atoms with Crippen molar-refractivity contribution in [3.8, 4) is 11.3 Å². The molecule has 2 aliphatic rings. The van der Waals surface area contributed by atoms with Gasteiger partial charge in [-0.2, -0.15) is 0 Å². The van der Waals surface area contributed by atoms with E-state index in [0.717, 1.165) is 93.8 Å². The third-order valence-corrected chi connectivity index (χ3v) is 6.92. The van der Waals surface area contributed by atoms with Crippen LogP contribution < -0.4 is 15.5 Å². The number of imidazole rings is 1. The summed E-state index contributed by atoms with van der Waals surface area (Å²) in [7, 11) is 0. The molecule has 3 N–H and O–H groups in total. The van der Waals surface area contributed by atoms with Gasteiger partial charge in [-0.1, -0.05) is 25.5 Å². The summed E-state index contributed by atoms with van der Waals surface area (Å²) in [6.07, 6.45) is 7.43. The van der Waals surface area contributed by atoms with Gasteiger partial charge in [0.2, 0.25) is 5.95 Å². The van der Waals surface area contributed by atoms with E-state index < -0.39 is 0 Å². The van der Waals surface area contributed by atoms with Crippen molar-refractivity contribution in [2.45, 2.75) is 57.5 Å². The lowest BCUT2D eigenvalue weighted by atomic mass is 9.87. The molecule has 5 rings (SSSR count). The van der Waals surface area contributed by atoms with Gasteiger partial charge in [-0.3, -0.25) is 0 Å². The maximum atomic E-state index is 10.00. The number of piperazine rings is 1. The molecule has 0 radical (unpaired) electrons. The van der Waals surface area contributed by atoms with Crippen LogP contribution in [0.2, 0.25) is 0 Å². The summed E-state index contributed by atoms with van der Waals surface area (Å²) in [5.41, 5.74) is 4.21. The normalized spacial score (nSPS) is 21.5. The molecule has 2 aromatic heterocycles. The predicted octanol–water partition coefficient (Wildman–Crippen LogP) is 3.43. The van der Waals surface area contributed by atoms with Crippen LogP contribution in [-0.4, -0.2) is 63.5 Å². The van der Waals surface area contributed by atoms with E-state index in [1.165, 1.54) is 5.69 Å². The highest BCUT2D eigenvalue weighted by atomic mass is 16.3. The Balaban J connectivity index is 1.48. The van der Waals surface area contributed by atoms with Crippen molar-refractivity contribution in [2.24, 2.45) is 0 Å². The number of aromatic nitrogens is 4. The molecule has 1 aliphatic heterocycles. The SMILES string of the molecule is CCCCNc1ncc2c(-c3ccc(N4CCNCC4)cc3)nc([C@H]3CC[C@@H](O)CC3)n2n1. The number of hydrogen-bond acceptors (Lipinski definition) is 7. The van der Waals surface area contributed by atoms with Crippen LogP contribution in [0.4, 0.5) is 11.6 Å². The zero-order valence-electron chi connectivity index (χ0n) is 19.5. The van der Waals surface area contributed by atoms with E-state index >= 15 is 0 Å². The average Bonchev–Trinajstić information content (AvgIpc) is 3.24. The van der Waals surface area contributed by atoms with Gasteiger partial charge in [0.25, 0.3) is 0 Å². The number of unbranched alkanes of at least 4 members (excludes halogenated alkanes) is 1.